The Morgan fingerprint density at radius 2 is 1.84 bits per heavy atom. The zero-order valence-corrected chi connectivity index (χ0v) is 15.7. The number of carbonyl (C=O) groups is 2. The second kappa shape index (κ2) is 8.19. The lowest BCUT2D eigenvalue weighted by Crippen LogP contribution is -2.57. The first-order valence-corrected chi connectivity index (χ1v) is 9.22. The molecular formula is C19H28ClN3O2. The average Bonchev–Trinajstić information content (AvgIpc) is 2.46. The fourth-order valence-corrected chi connectivity index (χ4v) is 3.79. The summed E-state index contributed by atoms with van der Waals surface area (Å²) in [5.41, 5.74) is 12.1. The van der Waals surface area contributed by atoms with E-state index >= 15 is 0 Å². The van der Waals surface area contributed by atoms with E-state index in [1.54, 1.807) is 0 Å². The summed E-state index contributed by atoms with van der Waals surface area (Å²) >= 11 is 6.03. The first kappa shape index (κ1) is 19.7. The molecule has 0 heterocycles. The molecule has 2 amide bonds. The highest BCUT2D eigenvalue weighted by molar-refractivity contribution is 6.30. The van der Waals surface area contributed by atoms with Crippen molar-refractivity contribution in [3.05, 3.63) is 34.9 Å². The minimum absolute atomic E-state index is 0.0335. The zero-order chi connectivity index (χ0) is 18.6. The molecule has 1 saturated carbocycles. The third kappa shape index (κ3) is 4.73. The molecule has 0 aliphatic heterocycles. The molecule has 0 aromatic heterocycles. The summed E-state index contributed by atoms with van der Waals surface area (Å²) in [6.07, 6.45) is 3.85. The standard InChI is InChI=1S/C19H28ClN3O2/c1-12(2)10-16(23-18(25)15(21)11-17(22)24)19(8-3-9-19)13-4-6-14(20)7-5-13/h4-7,12,15-16H,3,8-11,21H2,1-2H3,(H2,22,24)(H,23,25). The van der Waals surface area contributed by atoms with Gasteiger partial charge in [0.25, 0.3) is 0 Å². The highest BCUT2D eigenvalue weighted by atomic mass is 35.5. The normalized spacial score (nSPS) is 18.3. The van der Waals surface area contributed by atoms with Crippen LogP contribution in [0.4, 0.5) is 0 Å². The Morgan fingerprint density at radius 1 is 1.24 bits per heavy atom. The molecule has 0 spiro atoms. The predicted octanol–water partition coefficient (Wildman–Crippen LogP) is 2.50. The molecule has 0 bridgehead atoms. The maximum atomic E-state index is 12.5. The molecular weight excluding hydrogens is 338 g/mol. The molecule has 1 aliphatic rings. The van der Waals surface area contributed by atoms with E-state index in [0.717, 1.165) is 25.7 Å². The minimum atomic E-state index is -0.908. The molecule has 0 radical (unpaired) electrons. The van der Waals surface area contributed by atoms with E-state index in [4.69, 9.17) is 23.1 Å². The Labute approximate surface area is 154 Å². The van der Waals surface area contributed by atoms with Crippen molar-refractivity contribution in [2.45, 2.75) is 63.5 Å². The van der Waals surface area contributed by atoms with Gasteiger partial charge in [-0.3, -0.25) is 9.59 Å². The predicted molar refractivity (Wildman–Crippen MR) is 100 cm³/mol. The Hall–Kier alpha value is -1.59. The number of primary amides is 1. The Morgan fingerprint density at radius 3 is 2.28 bits per heavy atom. The van der Waals surface area contributed by atoms with Crippen LogP contribution >= 0.6 is 11.6 Å². The van der Waals surface area contributed by atoms with E-state index in [1.807, 2.05) is 24.3 Å². The first-order chi connectivity index (χ1) is 11.7. The van der Waals surface area contributed by atoms with E-state index in [2.05, 4.69) is 19.2 Å². The van der Waals surface area contributed by atoms with Gasteiger partial charge in [0, 0.05) is 16.5 Å². The SMILES string of the molecule is CC(C)CC(NC(=O)C(N)CC(N)=O)C1(c2ccc(Cl)cc2)CCC1. The van der Waals surface area contributed by atoms with Crippen LogP contribution in [0.2, 0.25) is 5.02 Å². The van der Waals surface area contributed by atoms with E-state index in [-0.39, 0.29) is 23.8 Å². The van der Waals surface area contributed by atoms with Gasteiger partial charge in [0.1, 0.15) is 0 Å². The molecule has 2 unspecified atom stereocenters. The van der Waals surface area contributed by atoms with Crippen LogP contribution in [0.25, 0.3) is 0 Å². The monoisotopic (exact) mass is 365 g/mol. The number of carbonyl (C=O) groups excluding carboxylic acids is 2. The van der Waals surface area contributed by atoms with Crippen molar-refractivity contribution >= 4 is 23.4 Å². The molecule has 2 rings (SSSR count). The molecule has 2 atom stereocenters. The van der Waals surface area contributed by atoms with Gasteiger partial charge in [-0.25, -0.2) is 0 Å². The van der Waals surface area contributed by atoms with Gasteiger partial charge in [0.05, 0.1) is 12.5 Å². The summed E-state index contributed by atoms with van der Waals surface area (Å²) in [6, 6.07) is 6.94. The van der Waals surface area contributed by atoms with E-state index in [1.165, 1.54) is 5.56 Å². The number of amides is 2. The van der Waals surface area contributed by atoms with Crippen LogP contribution < -0.4 is 16.8 Å². The molecule has 1 fully saturated rings. The molecule has 1 aliphatic carbocycles. The zero-order valence-electron chi connectivity index (χ0n) is 14.9. The van der Waals surface area contributed by atoms with Gasteiger partial charge >= 0.3 is 0 Å². The Bertz CT molecular complexity index is 612. The molecule has 138 valence electrons. The topological polar surface area (TPSA) is 98.2 Å². The lowest BCUT2D eigenvalue weighted by atomic mass is 9.58. The Kier molecular flexibility index (Phi) is 6.47. The number of hydrogen-bond donors (Lipinski definition) is 3. The van der Waals surface area contributed by atoms with Crippen LogP contribution in [0.3, 0.4) is 0 Å². The van der Waals surface area contributed by atoms with Crippen LogP contribution in [-0.4, -0.2) is 23.9 Å². The molecule has 0 saturated heterocycles. The number of nitrogens with two attached hydrogens (primary N) is 2. The van der Waals surface area contributed by atoms with Crippen molar-refractivity contribution in [1.82, 2.24) is 5.32 Å². The van der Waals surface area contributed by atoms with Crippen molar-refractivity contribution in [2.24, 2.45) is 17.4 Å². The van der Waals surface area contributed by atoms with Crippen molar-refractivity contribution in [1.29, 1.82) is 0 Å². The third-order valence-electron chi connectivity index (χ3n) is 5.11. The number of hydrogen-bond acceptors (Lipinski definition) is 3. The van der Waals surface area contributed by atoms with Crippen LogP contribution in [0.5, 0.6) is 0 Å². The Balaban J connectivity index is 2.24. The fraction of sp³-hybridized carbons (Fsp3) is 0.579. The number of benzene rings is 1. The van der Waals surface area contributed by atoms with Crippen molar-refractivity contribution in [3.63, 3.8) is 0 Å². The van der Waals surface area contributed by atoms with Crippen LogP contribution in [0.15, 0.2) is 24.3 Å². The van der Waals surface area contributed by atoms with Gasteiger partial charge in [0.15, 0.2) is 0 Å². The number of rotatable bonds is 8. The second-order valence-electron chi connectivity index (χ2n) is 7.48. The van der Waals surface area contributed by atoms with Crippen molar-refractivity contribution < 1.29 is 9.59 Å². The summed E-state index contributed by atoms with van der Waals surface area (Å²) in [7, 11) is 0. The quantitative estimate of drug-likeness (QED) is 0.660. The molecule has 5 N–H and O–H groups in total. The number of nitrogens with one attached hydrogen (secondary N) is 1. The second-order valence-corrected chi connectivity index (χ2v) is 7.92. The molecule has 5 nitrogen and oxygen atoms in total. The summed E-state index contributed by atoms with van der Waals surface area (Å²) in [5, 5.41) is 3.80. The van der Waals surface area contributed by atoms with Gasteiger partial charge in [-0.15, -0.1) is 0 Å². The molecule has 25 heavy (non-hydrogen) atoms. The summed E-state index contributed by atoms with van der Waals surface area (Å²) < 4.78 is 0. The van der Waals surface area contributed by atoms with Gasteiger partial charge in [-0.2, -0.15) is 0 Å². The van der Waals surface area contributed by atoms with Gasteiger partial charge in [-0.1, -0.05) is 44.0 Å². The summed E-state index contributed by atoms with van der Waals surface area (Å²) in [6.45, 7) is 4.27. The van der Waals surface area contributed by atoms with Crippen LogP contribution in [0.1, 0.15) is 51.5 Å². The maximum Gasteiger partial charge on any atom is 0.237 e. The van der Waals surface area contributed by atoms with E-state index in [9.17, 15) is 9.59 Å². The highest BCUT2D eigenvalue weighted by Crippen LogP contribution is 2.48. The lowest BCUT2D eigenvalue weighted by molar-refractivity contribution is -0.127. The summed E-state index contributed by atoms with van der Waals surface area (Å²) in [5.74, 6) is -0.466. The molecule has 1 aromatic carbocycles. The number of halogens is 1. The highest BCUT2D eigenvalue weighted by Gasteiger charge is 2.46. The summed E-state index contributed by atoms with van der Waals surface area (Å²) in [4.78, 5) is 23.5. The maximum absolute atomic E-state index is 12.5. The average molecular weight is 366 g/mol. The van der Waals surface area contributed by atoms with E-state index < -0.39 is 11.9 Å². The van der Waals surface area contributed by atoms with Gasteiger partial charge in [-0.05, 0) is 42.9 Å². The minimum Gasteiger partial charge on any atom is -0.370 e. The third-order valence-corrected chi connectivity index (χ3v) is 5.37. The van der Waals surface area contributed by atoms with Gasteiger partial charge < -0.3 is 16.8 Å². The van der Waals surface area contributed by atoms with Crippen molar-refractivity contribution in [3.8, 4) is 0 Å². The van der Waals surface area contributed by atoms with Crippen LogP contribution in [0, 0.1) is 5.92 Å². The largest absolute Gasteiger partial charge is 0.370 e. The van der Waals surface area contributed by atoms with Crippen LogP contribution in [-0.2, 0) is 15.0 Å². The molecule has 1 aromatic rings. The first-order valence-electron chi connectivity index (χ1n) is 8.85. The van der Waals surface area contributed by atoms with Crippen molar-refractivity contribution in [2.75, 3.05) is 0 Å². The fourth-order valence-electron chi connectivity index (χ4n) is 3.66. The molecule has 6 heteroatoms. The smallest absolute Gasteiger partial charge is 0.237 e. The lowest BCUT2D eigenvalue weighted by Gasteiger charge is -2.49. The van der Waals surface area contributed by atoms with E-state index in [0.29, 0.717) is 10.9 Å². The van der Waals surface area contributed by atoms with Gasteiger partial charge in [0.2, 0.25) is 11.8 Å².